The van der Waals surface area contributed by atoms with Gasteiger partial charge in [-0.1, -0.05) is 6.92 Å². The zero-order chi connectivity index (χ0) is 15.2. The second-order valence-corrected chi connectivity index (χ2v) is 6.25. The van der Waals surface area contributed by atoms with Crippen LogP contribution in [0.4, 0.5) is 10.1 Å². The molecular weight excluding hydrogens is 265 g/mol. The Kier molecular flexibility index (Phi) is 6.00. The molecule has 0 unspecified atom stereocenters. The number of nitrogens with zero attached hydrogens (tertiary/aromatic N) is 2. The summed E-state index contributed by atoms with van der Waals surface area (Å²) in [6.07, 6.45) is 2.44. The topological polar surface area (TPSA) is 18.5 Å². The van der Waals surface area contributed by atoms with Crippen LogP contribution in [0.1, 0.15) is 25.3 Å². The fourth-order valence-electron chi connectivity index (χ4n) is 3.14. The number of hydrogen-bond acceptors (Lipinski definition) is 3. The molecule has 0 aliphatic carbocycles. The van der Waals surface area contributed by atoms with Crippen LogP contribution in [0.25, 0.3) is 0 Å². The molecule has 0 atom stereocenters. The molecule has 0 aromatic heterocycles. The van der Waals surface area contributed by atoms with Crippen LogP contribution in [0.3, 0.4) is 0 Å². The van der Waals surface area contributed by atoms with E-state index >= 15 is 0 Å². The lowest BCUT2D eigenvalue weighted by Gasteiger charge is -2.35. The van der Waals surface area contributed by atoms with Gasteiger partial charge in [0.25, 0.3) is 0 Å². The van der Waals surface area contributed by atoms with Gasteiger partial charge in [-0.2, -0.15) is 0 Å². The lowest BCUT2D eigenvalue weighted by molar-refractivity contribution is 0.285. The average Bonchev–Trinajstić information content (AvgIpc) is 2.46. The molecule has 3 nitrogen and oxygen atoms in total. The first-order valence-electron chi connectivity index (χ1n) is 7.99. The van der Waals surface area contributed by atoms with Crippen LogP contribution in [0, 0.1) is 11.7 Å². The molecule has 0 spiro atoms. The van der Waals surface area contributed by atoms with Crippen molar-refractivity contribution < 1.29 is 4.39 Å². The molecule has 21 heavy (non-hydrogen) atoms. The Labute approximate surface area is 128 Å². The molecule has 1 saturated heterocycles. The van der Waals surface area contributed by atoms with Crippen molar-refractivity contribution in [3.05, 3.63) is 29.6 Å². The summed E-state index contributed by atoms with van der Waals surface area (Å²) in [5, 5.41) is 3.31. The largest absolute Gasteiger partial charge is 0.371 e. The van der Waals surface area contributed by atoms with E-state index in [2.05, 4.69) is 36.1 Å². The molecule has 1 fully saturated rings. The molecule has 118 valence electrons. The standard InChI is InChI=1S/C17H28FN3/c1-4-19-12-15-11-16(18)5-6-17(15)21-9-7-14(8-10-21)13-20(2)3/h5-6,11,14,19H,4,7-10,12-13H2,1-3H3. The van der Waals surface area contributed by atoms with E-state index in [1.165, 1.54) is 25.1 Å². The second kappa shape index (κ2) is 7.76. The Morgan fingerprint density at radius 1 is 1.29 bits per heavy atom. The van der Waals surface area contributed by atoms with Gasteiger partial charge in [-0.25, -0.2) is 4.39 Å². The number of halogens is 1. The van der Waals surface area contributed by atoms with E-state index in [4.69, 9.17) is 0 Å². The van der Waals surface area contributed by atoms with Crippen LogP contribution in [0.15, 0.2) is 18.2 Å². The van der Waals surface area contributed by atoms with E-state index in [1.54, 1.807) is 12.1 Å². The van der Waals surface area contributed by atoms with Gasteiger partial charge in [0.2, 0.25) is 0 Å². The monoisotopic (exact) mass is 293 g/mol. The third-order valence-corrected chi connectivity index (χ3v) is 4.19. The van der Waals surface area contributed by atoms with Crippen molar-refractivity contribution in [3.63, 3.8) is 0 Å². The molecular formula is C17H28FN3. The molecule has 1 heterocycles. The molecule has 1 aliphatic heterocycles. The zero-order valence-electron chi connectivity index (χ0n) is 13.5. The van der Waals surface area contributed by atoms with Crippen LogP contribution in [0.2, 0.25) is 0 Å². The summed E-state index contributed by atoms with van der Waals surface area (Å²) in [6.45, 7) is 7.03. The fraction of sp³-hybridized carbons (Fsp3) is 0.647. The van der Waals surface area contributed by atoms with Crippen molar-refractivity contribution in [1.29, 1.82) is 0 Å². The smallest absolute Gasteiger partial charge is 0.123 e. The summed E-state index contributed by atoms with van der Waals surface area (Å²) in [7, 11) is 4.28. The third kappa shape index (κ3) is 4.68. The molecule has 1 N–H and O–H groups in total. The van der Waals surface area contributed by atoms with Crippen molar-refractivity contribution in [2.45, 2.75) is 26.3 Å². The number of rotatable bonds is 6. The van der Waals surface area contributed by atoms with E-state index in [-0.39, 0.29) is 5.82 Å². The van der Waals surface area contributed by atoms with Crippen molar-refractivity contribution in [1.82, 2.24) is 10.2 Å². The van der Waals surface area contributed by atoms with E-state index < -0.39 is 0 Å². The summed E-state index contributed by atoms with van der Waals surface area (Å²) >= 11 is 0. The molecule has 0 amide bonds. The van der Waals surface area contributed by atoms with Crippen molar-refractivity contribution in [2.24, 2.45) is 5.92 Å². The first-order valence-corrected chi connectivity index (χ1v) is 7.99. The summed E-state index contributed by atoms with van der Waals surface area (Å²) in [5.41, 5.74) is 2.27. The minimum Gasteiger partial charge on any atom is -0.371 e. The number of anilines is 1. The first-order chi connectivity index (χ1) is 10.1. The summed E-state index contributed by atoms with van der Waals surface area (Å²) in [4.78, 5) is 4.69. The van der Waals surface area contributed by atoms with Crippen LogP contribution in [-0.2, 0) is 6.54 Å². The van der Waals surface area contributed by atoms with Gasteiger partial charge in [0.05, 0.1) is 0 Å². The Morgan fingerprint density at radius 3 is 2.62 bits per heavy atom. The highest BCUT2D eigenvalue weighted by Gasteiger charge is 2.21. The van der Waals surface area contributed by atoms with Gasteiger partial charge in [-0.15, -0.1) is 0 Å². The highest BCUT2D eigenvalue weighted by molar-refractivity contribution is 5.54. The van der Waals surface area contributed by atoms with Gasteiger partial charge in [0.1, 0.15) is 5.82 Å². The van der Waals surface area contributed by atoms with Gasteiger partial charge in [-0.3, -0.25) is 0 Å². The maximum atomic E-state index is 13.5. The summed E-state index contributed by atoms with van der Waals surface area (Å²) in [5.74, 6) is 0.642. The van der Waals surface area contributed by atoms with Gasteiger partial charge >= 0.3 is 0 Å². The van der Waals surface area contributed by atoms with E-state index in [0.29, 0.717) is 0 Å². The molecule has 0 bridgehead atoms. The molecule has 1 aromatic rings. The summed E-state index contributed by atoms with van der Waals surface area (Å²) in [6, 6.07) is 5.19. The predicted octanol–water partition coefficient (Wildman–Crippen LogP) is 2.71. The lowest BCUT2D eigenvalue weighted by atomic mass is 9.95. The van der Waals surface area contributed by atoms with Crippen LogP contribution in [0.5, 0.6) is 0 Å². The average molecular weight is 293 g/mol. The molecule has 0 radical (unpaired) electrons. The normalized spacial score (nSPS) is 16.7. The number of nitrogens with one attached hydrogen (secondary N) is 1. The molecule has 4 heteroatoms. The fourth-order valence-corrected chi connectivity index (χ4v) is 3.14. The van der Waals surface area contributed by atoms with Gasteiger partial charge in [0, 0.05) is 31.9 Å². The molecule has 2 rings (SSSR count). The van der Waals surface area contributed by atoms with Crippen LogP contribution < -0.4 is 10.2 Å². The number of piperidine rings is 1. The Bertz CT molecular complexity index is 440. The minimum absolute atomic E-state index is 0.144. The van der Waals surface area contributed by atoms with Crippen LogP contribution >= 0.6 is 0 Å². The molecule has 1 aliphatic rings. The maximum Gasteiger partial charge on any atom is 0.123 e. The van der Waals surface area contributed by atoms with E-state index in [9.17, 15) is 4.39 Å². The highest BCUT2D eigenvalue weighted by atomic mass is 19.1. The van der Waals surface area contributed by atoms with Crippen LogP contribution in [-0.4, -0.2) is 45.2 Å². The third-order valence-electron chi connectivity index (χ3n) is 4.19. The van der Waals surface area contributed by atoms with Gasteiger partial charge in [0.15, 0.2) is 0 Å². The quantitative estimate of drug-likeness (QED) is 0.870. The SMILES string of the molecule is CCNCc1cc(F)ccc1N1CCC(CN(C)C)CC1. The van der Waals surface area contributed by atoms with E-state index in [0.717, 1.165) is 37.7 Å². The molecule has 1 aromatic carbocycles. The minimum atomic E-state index is -0.144. The lowest BCUT2D eigenvalue weighted by Crippen LogP contribution is -2.37. The van der Waals surface area contributed by atoms with Crippen molar-refractivity contribution in [3.8, 4) is 0 Å². The first kappa shape index (κ1) is 16.2. The second-order valence-electron chi connectivity index (χ2n) is 6.25. The molecule has 0 saturated carbocycles. The summed E-state index contributed by atoms with van der Waals surface area (Å²) < 4.78 is 13.5. The van der Waals surface area contributed by atoms with E-state index in [1.807, 2.05) is 6.07 Å². The van der Waals surface area contributed by atoms with Gasteiger partial charge in [-0.05, 0) is 63.2 Å². The predicted molar refractivity (Wildman–Crippen MR) is 87.3 cm³/mol. The Morgan fingerprint density at radius 2 is 2.00 bits per heavy atom. The Balaban J connectivity index is 2.02. The highest BCUT2D eigenvalue weighted by Crippen LogP contribution is 2.27. The zero-order valence-corrected chi connectivity index (χ0v) is 13.5. The number of benzene rings is 1. The number of hydrogen-bond donors (Lipinski definition) is 1. The van der Waals surface area contributed by atoms with Crippen molar-refractivity contribution in [2.75, 3.05) is 45.2 Å². The maximum absolute atomic E-state index is 13.5. The Hall–Kier alpha value is -1.13. The van der Waals surface area contributed by atoms with Gasteiger partial charge < -0.3 is 15.1 Å². The van der Waals surface area contributed by atoms with Crippen molar-refractivity contribution >= 4 is 5.69 Å².